The number of aliphatic hydroxyl groups excluding tert-OH is 2. The summed E-state index contributed by atoms with van der Waals surface area (Å²) < 4.78 is 22.3. The van der Waals surface area contributed by atoms with E-state index in [-0.39, 0.29) is 48.0 Å². The maximum atomic E-state index is 11.0. The van der Waals surface area contributed by atoms with E-state index >= 15 is 0 Å². The second kappa shape index (κ2) is 7.30. The maximum Gasteiger partial charge on any atom is 1.00 e. The zero-order valence-corrected chi connectivity index (χ0v) is 15.4. The number of nitrogen functional groups attached to an aromatic ring is 1. The molecule has 14 heteroatoms. The molecule has 128 valence electrons. The van der Waals surface area contributed by atoms with Crippen LogP contribution < -0.4 is 35.3 Å². The third-order valence-corrected chi connectivity index (χ3v) is 3.93. The molecular formula is C10H15N5NaO7P. The fourth-order valence-corrected chi connectivity index (χ4v) is 3.02. The Morgan fingerprint density at radius 2 is 2.12 bits per heavy atom. The number of fused-ring (bicyclic) bond motifs is 1. The first-order valence-corrected chi connectivity index (χ1v) is 7.96. The Morgan fingerprint density at radius 3 is 2.75 bits per heavy atom. The smallest absolute Gasteiger partial charge is 1.00 e. The summed E-state index contributed by atoms with van der Waals surface area (Å²) in [5.74, 6) is 0.128. The molecular weight excluding hydrogens is 356 g/mol. The van der Waals surface area contributed by atoms with E-state index in [9.17, 15) is 14.8 Å². The van der Waals surface area contributed by atoms with Crippen LogP contribution in [0.25, 0.3) is 11.2 Å². The van der Waals surface area contributed by atoms with Crippen molar-refractivity contribution in [3.05, 3.63) is 12.7 Å². The average Bonchev–Trinajstić information content (AvgIpc) is 3.01. The number of aromatic nitrogens is 4. The predicted octanol–water partition coefficient (Wildman–Crippen LogP) is -4.75. The van der Waals surface area contributed by atoms with Gasteiger partial charge in [-0.1, -0.05) is 0 Å². The number of nitrogens with two attached hydrogens (primary N) is 1. The summed E-state index contributed by atoms with van der Waals surface area (Å²) in [4.78, 5) is 29.6. The van der Waals surface area contributed by atoms with Gasteiger partial charge in [-0.3, -0.25) is 9.09 Å². The van der Waals surface area contributed by atoms with Crippen molar-refractivity contribution in [2.24, 2.45) is 0 Å². The molecule has 3 rings (SSSR count). The van der Waals surface area contributed by atoms with Gasteiger partial charge in [0.25, 0.3) is 0 Å². The second-order valence-corrected chi connectivity index (χ2v) is 6.07. The second-order valence-electron chi connectivity index (χ2n) is 4.88. The van der Waals surface area contributed by atoms with Crippen molar-refractivity contribution in [2.45, 2.75) is 24.5 Å². The quantitative estimate of drug-likeness (QED) is 0.257. The normalized spacial score (nSPS) is 27.3. The molecule has 2 aromatic heterocycles. The van der Waals surface area contributed by atoms with Gasteiger partial charge in [-0.25, -0.2) is 19.5 Å². The number of nitrogens with zero attached hydrogens (tertiary/aromatic N) is 4. The molecule has 0 bridgehead atoms. The van der Waals surface area contributed by atoms with Crippen LogP contribution in [0.1, 0.15) is 7.65 Å². The molecule has 0 aromatic carbocycles. The average molecular weight is 371 g/mol. The number of hydrogen-bond acceptors (Lipinski definition) is 9. The van der Waals surface area contributed by atoms with Crippen molar-refractivity contribution >= 4 is 24.8 Å². The minimum atomic E-state index is -4.88. The van der Waals surface area contributed by atoms with Gasteiger partial charge in [0.05, 0.1) is 12.9 Å². The zero-order valence-electron chi connectivity index (χ0n) is 13.5. The van der Waals surface area contributed by atoms with Gasteiger partial charge in [0, 0.05) is 0 Å². The summed E-state index contributed by atoms with van der Waals surface area (Å²) in [6, 6.07) is 0. The number of hydrogen-bond donors (Lipinski definition) is 5. The monoisotopic (exact) mass is 371 g/mol. The van der Waals surface area contributed by atoms with E-state index in [1.807, 2.05) is 0 Å². The Balaban J connectivity index is 0.00000156. The molecule has 6 N–H and O–H groups in total. The van der Waals surface area contributed by atoms with Crippen molar-refractivity contribution in [3.63, 3.8) is 0 Å². The Kier molecular flexibility index (Phi) is 5.98. The van der Waals surface area contributed by atoms with E-state index in [1.165, 1.54) is 17.2 Å². The van der Waals surface area contributed by atoms with E-state index in [4.69, 9.17) is 20.3 Å². The molecule has 1 saturated heterocycles. The van der Waals surface area contributed by atoms with Crippen LogP contribution in [0.5, 0.6) is 0 Å². The molecule has 0 amide bonds. The van der Waals surface area contributed by atoms with Crippen LogP contribution in [-0.2, 0) is 13.8 Å². The molecule has 0 unspecified atom stereocenters. The van der Waals surface area contributed by atoms with Gasteiger partial charge in [-0.05, 0) is 0 Å². The first kappa shape index (κ1) is 19.7. The van der Waals surface area contributed by atoms with Crippen molar-refractivity contribution in [1.29, 1.82) is 0 Å². The van der Waals surface area contributed by atoms with Crippen LogP contribution in [0.15, 0.2) is 12.7 Å². The van der Waals surface area contributed by atoms with E-state index in [0.29, 0.717) is 0 Å². The van der Waals surface area contributed by atoms with E-state index in [2.05, 4.69) is 19.5 Å². The van der Waals surface area contributed by atoms with Gasteiger partial charge in [0.15, 0.2) is 17.7 Å². The van der Waals surface area contributed by atoms with Crippen molar-refractivity contribution in [1.82, 2.24) is 19.5 Å². The molecule has 0 spiro atoms. The van der Waals surface area contributed by atoms with Gasteiger partial charge in [-0.2, -0.15) is 0 Å². The fourth-order valence-electron chi connectivity index (χ4n) is 2.44. The van der Waals surface area contributed by atoms with Crippen molar-refractivity contribution in [3.8, 4) is 0 Å². The summed E-state index contributed by atoms with van der Waals surface area (Å²) in [6.07, 6.45) is -2.68. The molecule has 1 aliphatic heterocycles. The maximum absolute atomic E-state index is 11.0. The Bertz CT molecular complexity index is 775. The first-order valence-electron chi connectivity index (χ1n) is 6.43. The summed E-state index contributed by atoms with van der Waals surface area (Å²) >= 11 is 0. The summed E-state index contributed by atoms with van der Waals surface area (Å²) in [5, 5.41) is 19.6. The number of rotatable bonds is 4. The molecule has 1 aliphatic rings. The van der Waals surface area contributed by atoms with Gasteiger partial charge in [0.2, 0.25) is 0 Å². The van der Waals surface area contributed by atoms with Crippen LogP contribution in [-0.4, -0.2) is 64.4 Å². The van der Waals surface area contributed by atoms with Gasteiger partial charge in [-0.15, -0.1) is 0 Å². The molecule has 0 saturated carbocycles. The number of aliphatic hydroxyl groups is 2. The SMILES string of the molecule is Nc1ncnc2c1ncn2[C@@H]1O[C@H](CO)[C@@H](OP(=O)(O)O)[C@H]1O.[H-].[Na+]. The molecule has 0 radical (unpaired) electrons. The topological polar surface area (TPSA) is 186 Å². The van der Waals surface area contributed by atoms with E-state index in [0.717, 1.165) is 0 Å². The van der Waals surface area contributed by atoms with Crippen LogP contribution >= 0.6 is 7.82 Å². The Labute approximate surface area is 158 Å². The summed E-state index contributed by atoms with van der Waals surface area (Å²) in [7, 11) is -4.88. The molecule has 24 heavy (non-hydrogen) atoms. The Hall–Kier alpha value is -0.660. The molecule has 0 aliphatic carbocycles. The van der Waals surface area contributed by atoms with Gasteiger partial charge < -0.3 is 31.9 Å². The summed E-state index contributed by atoms with van der Waals surface area (Å²) in [5.41, 5.74) is 6.21. The van der Waals surface area contributed by atoms with Crippen molar-refractivity contribution in [2.75, 3.05) is 12.3 Å². The number of phosphoric ester groups is 1. The molecule has 12 nitrogen and oxygen atoms in total. The van der Waals surface area contributed by atoms with E-state index in [1.54, 1.807) is 0 Å². The zero-order chi connectivity index (χ0) is 16.8. The number of imidazole rings is 1. The minimum Gasteiger partial charge on any atom is -1.00 e. The minimum absolute atomic E-state index is 0. The van der Waals surface area contributed by atoms with Crippen LogP contribution in [0, 0.1) is 0 Å². The van der Waals surface area contributed by atoms with E-state index < -0.39 is 39.0 Å². The molecule has 4 atom stereocenters. The number of ether oxygens (including phenoxy) is 1. The fraction of sp³-hybridized carbons (Fsp3) is 0.500. The predicted molar refractivity (Wildman–Crippen MR) is 74.8 cm³/mol. The first-order chi connectivity index (χ1) is 10.8. The largest absolute Gasteiger partial charge is 1.00 e. The van der Waals surface area contributed by atoms with Crippen LogP contribution in [0.3, 0.4) is 0 Å². The van der Waals surface area contributed by atoms with Crippen molar-refractivity contribution < 1.29 is 64.8 Å². The van der Waals surface area contributed by atoms with Crippen LogP contribution in [0.2, 0.25) is 0 Å². The van der Waals surface area contributed by atoms with Crippen LogP contribution in [0.4, 0.5) is 5.82 Å². The third kappa shape index (κ3) is 3.63. The third-order valence-electron chi connectivity index (χ3n) is 3.41. The van der Waals surface area contributed by atoms with Gasteiger partial charge >= 0.3 is 37.4 Å². The Morgan fingerprint density at radius 1 is 1.42 bits per heavy atom. The number of anilines is 1. The molecule has 2 aromatic rings. The molecule has 1 fully saturated rings. The van der Waals surface area contributed by atoms with Gasteiger partial charge in [0.1, 0.15) is 30.2 Å². The number of phosphoric acid groups is 1. The summed E-state index contributed by atoms with van der Waals surface area (Å²) in [6.45, 7) is -0.609. The molecule has 3 heterocycles. The standard InChI is InChI=1S/C10H14N5O7P.Na.H/c11-8-5-9(13-2-12-8)15(3-14-5)10-6(17)7(4(1-16)21-10)22-23(18,19)20;;/h2-4,6-7,10,16-17H,1H2,(H2,11,12,13)(H2,18,19,20);;/q;+1;-1/t4-,6-,7-,10-;;/m1../s1.